The predicted molar refractivity (Wildman–Crippen MR) is 75.9 cm³/mol. The maximum Gasteiger partial charge on any atom is 0.337 e. The van der Waals surface area contributed by atoms with Gasteiger partial charge in [0.25, 0.3) is 0 Å². The molecule has 0 fully saturated rings. The van der Waals surface area contributed by atoms with Crippen LogP contribution in [0.5, 0.6) is 0 Å². The van der Waals surface area contributed by atoms with Crippen molar-refractivity contribution in [3.05, 3.63) is 71.7 Å². The van der Waals surface area contributed by atoms with Crippen LogP contribution in [0.4, 0.5) is 0 Å². The lowest BCUT2D eigenvalue weighted by molar-refractivity contribution is 0.0695. The molecule has 5 heteroatoms. The first kappa shape index (κ1) is 13.1. The van der Waals surface area contributed by atoms with E-state index in [4.69, 9.17) is 9.63 Å². The zero-order valence-electron chi connectivity index (χ0n) is 11.1. The highest BCUT2D eigenvalue weighted by molar-refractivity contribution is 5.88. The van der Waals surface area contributed by atoms with Crippen molar-refractivity contribution in [2.24, 2.45) is 0 Å². The molecule has 0 aliphatic rings. The summed E-state index contributed by atoms with van der Waals surface area (Å²) in [7, 11) is 0. The summed E-state index contributed by atoms with van der Waals surface area (Å²) >= 11 is 0. The topological polar surface area (TPSA) is 76.2 Å². The van der Waals surface area contributed by atoms with Gasteiger partial charge >= 0.3 is 5.97 Å². The van der Waals surface area contributed by atoms with Crippen molar-refractivity contribution in [2.75, 3.05) is 0 Å². The summed E-state index contributed by atoms with van der Waals surface area (Å²) in [6.45, 7) is 0. The van der Waals surface area contributed by atoms with E-state index in [2.05, 4.69) is 10.1 Å². The molecule has 0 saturated heterocycles. The van der Waals surface area contributed by atoms with Gasteiger partial charge < -0.3 is 9.63 Å². The second kappa shape index (κ2) is 5.58. The Balaban J connectivity index is 1.87. The molecule has 0 aliphatic heterocycles. The molecule has 0 unspecified atom stereocenters. The Morgan fingerprint density at radius 3 is 2.71 bits per heavy atom. The number of aromatic carboxylic acids is 1. The second-order valence-corrected chi connectivity index (χ2v) is 4.52. The van der Waals surface area contributed by atoms with Crippen LogP contribution < -0.4 is 0 Å². The number of pyridine rings is 1. The number of carbonyl (C=O) groups is 1. The number of rotatable bonds is 4. The van der Waals surface area contributed by atoms with Crippen molar-refractivity contribution in [2.45, 2.75) is 6.42 Å². The molecule has 0 saturated carbocycles. The Kier molecular flexibility index (Phi) is 3.47. The van der Waals surface area contributed by atoms with Crippen molar-refractivity contribution in [1.29, 1.82) is 0 Å². The summed E-state index contributed by atoms with van der Waals surface area (Å²) < 4.78 is 5.27. The first-order valence-corrected chi connectivity index (χ1v) is 6.42. The van der Waals surface area contributed by atoms with E-state index in [9.17, 15) is 4.79 Å². The fourth-order valence-electron chi connectivity index (χ4n) is 2.08. The number of nitrogens with zero attached hydrogens (tertiary/aromatic N) is 2. The molecule has 3 aromatic rings. The first-order valence-electron chi connectivity index (χ1n) is 6.42. The molecule has 5 nitrogen and oxygen atoms in total. The van der Waals surface area contributed by atoms with Crippen molar-refractivity contribution < 1.29 is 14.4 Å². The van der Waals surface area contributed by atoms with E-state index < -0.39 is 5.97 Å². The van der Waals surface area contributed by atoms with E-state index in [1.165, 1.54) is 6.07 Å². The van der Waals surface area contributed by atoms with Crippen LogP contribution in [0.3, 0.4) is 0 Å². The minimum absolute atomic E-state index is 0.176. The highest BCUT2D eigenvalue weighted by atomic mass is 16.5. The molecule has 1 N–H and O–H groups in total. The van der Waals surface area contributed by atoms with Gasteiger partial charge in [-0.2, -0.15) is 0 Å². The molecule has 0 amide bonds. The van der Waals surface area contributed by atoms with Crippen molar-refractivity contribution in [3.8, 4) is 11.3 Å². The average molecular weight is 280 g/mol. The molecule has 3 rings (SSSR count). The summed E-state index contributed by atoms with van der Waals surface area (Å²) in [5, 5.41) is 13.1. The number of hydrogen-bond donors (Lipinski definition) is 1. The van der Waals surface area contributed by atoms with Gasteiger partial charge in [0.1, 0.15) is 11.5 Å². The van der Waals surface area contributed by atoms with Crippen LogP contribution in [-0.2, 0) is 6.42 Å². The van der Waals surface area contributed by atoms with Crippen LogP contribution >= 0.6 is 0 Å². The van der Waals surface area contributed by atoms with Gasteiger partial charge in [-0.05, 0) is 12.1 Å². The fraction of sp³-hybridized carbons (Fsp3) is 0.0625. The van der Waals surface area contributed by atoms with Crippen LogP contribution in [0.15, 0.2) is 59.3 Å². The number of benzene rings is 1. The normalized spacial score (nSPS) is 10.5. The standard InChI is InChI=1S/C16H12N2O3/c19-16(20)13-7-4-8-17-15(13)10-12-9-14(18-21-12)11-5-2-1-3-6-11/h1-9H,10H2,(H,19,20). The maximum atomic E-state index is 11.2. The molecule has 2 aromatic heterocycles. The maximum absolute atomic E-state index is 11.2. The van der Waals surface area contributed by atoms with Crippen LogP contribution in [0.1, 0.15) is 21.8 Å². The van der Waals surface area contributed by atoms with Crippen LogP contribution in [0.25, 0.3) is 11.3 Å². The fourth-order valence-corrected chi connectivity index (χ4v) is 2.08. The quantitative estimate of drug-likeness (QED) is 0.795. The van der Waals surface area contributed by atoms with Gasteiger partial charge in [-0.3, -0.25) is 4.98 Å². The first-order chi connectivity index (χ1) is 10.2. The van der Waals surface area contributed by atoms with Gasteiger partial charge in [-0.15, -0.1) is 0 Å². The third-order valence-electron chi connectivity index (χ3n) is 3.09. The number of carboxylic acid groups (broad SMARTS) is 1. The lowest BCUT2D eigenvalue weighted by atomic mass is 10.1. The second-order valence-electron chi connectivity index (χ2n) is 4.52. The van der Waals surface area contributed by atoms with E-state index in [1.807, 2.05) is 30.3 Å². The zero-order valence-corrected chi connectivity index (χ0v) is 11.1. The van der Waals surface area contributed by atoms with E-state index in [0.29, 0.717) is 17.9 Å². The minimum Gasteiger partial charge on any atom is -0.478 e. The van der Waals surface area contributed by atoms with E-state index >= 15 is 0 Å². The Labute approximate surface area is 120 Å². The lowest BCUT2D eigenvalue weighted by Crippen LogP contribution is -2.04. The largest absolute Gasteiger partial charge is 0.478 e. The Hall–Kier alpha value is -2.95. The highest BCUT2D eigenvalue weighted by Gasteiger charge is 2.14. The van der Waals surface area contributed by atoms with Gasteiger partial charge in [0.05, 0.1) is 17.7 Å². The van der Waals surface area contributed by atoms with Crippen molar-refractivity contribution >= 4 is 5.97 Å². The average Bonchev–Trinajstić information content (AvgIpc) is 2.97. The molecular weight excluding hydrogens is 268 g/mol. The molecule has 0 spiro atoms. The Bertz CT molecular complexity index is 766. The lowest BCUT2D eigenvalue weighted by Gasteiger charge is -2.01. The van der Waals surface area contributed by atoms with Crippen LogP contribution in [-0.4, -0.2) is 21.2 Å². The molecule has 0 aliphatic carbocycles. The molecule has 0 radical (unpaired) electrons. The third-order valence-corrected chi connectivity index (χ3v) is 3.09. The van der Waals surface area contributed by atoms with Gasteiger partial charge in [-0.25, -0.2) is 4.79 Å². The summed E-state index contributed by atoms with van der Waals surface area (Å²) in [6, 6.07) is 14.6. The molecule has 2 heterocycles. The van der Waals surface area contributed by atoms with Crippen LogP contribution in [0.2, 0.25) is 0 Å². The minimum atomic E-state index is -0.999. The highest BCUT2D eigenvalue weighted by Crippen LogP contribution is 2.20. The number of aromatic nitrogens is 2. The zero-order chi connectivity index (χ0) is 14.7. The van der Waals surface area contributed by atoms with E-state index in [0.717, 1.165) is 11.3 Å². The van der Waals surface area contributed by atoms with Gasteiger partial charge in [0.15, 0.2) is 0 Å². The van der Waals surface area contributed by atoms with Gasteiger partial charge in [0, 0.05) is 17.8 Å². The Morgan fingerprint density at radius 1 is 1.14 bits per heavy atom. The monoisotopic (exact) mass is 280 g/mol. The van der Waals surface area contributed by atoms with Crippen molar-refractivity contribution in [3.63, 3.8) is 0 Å². The molecule has 0 atom stereocenters. The summed E-state index contributed by atoms with van der Waals surface area (Å²) in [5.74, 6) is -0.420. The van der Waals surface area contributed by atoms with Gasteiger partial charge in [-0.1, -0.05) is 35.5 Å². The number of carboxylic acids is 1. The summed E-state index contributed by atoms with van der Waals surface area (Å²) in [6.07, 6.45) is 1.86. The smallest absolute Gasteiger partial charge is 0.337 e. The molecular formula is C16H12N2O3. The molecule has 1 aromatic carbocycles. The Morgan fingerprint density at radius 2 is 1.95 bits per heavy atom. The third kappa shape index (κ3) is 2.81. The molecule has 0 bridgehead atoms. The molecule has 21 heavy (non-hydrogen) atoms. The predicted octanol–water partition coefficient (Wildman–Crippen LogP) is 3.03. The molecule has 104 valence electrons. The number of hydrogen-bond acceptors (Lipinski definition) is 4. The van der Waals surface area contributed by atoms with E-state index in [1.54, 1.807) is 18.3 Å². The van der Waals surface area contributed by atoms with Gasteiger partial charge in [0.2, 0.25) is 0 Å². The SMILES string of the molecule is O=C(O)c1cccnc1Cc1cc(-c2ccccc2)no1. The summed E-state index contributed by atoms with van der Waals surface area (Å²) in [4.78, 5) is 15.3. The van der Waals surface area contributed by atoms with Crippen molar-refractivity contribution in [1.82, 2.24) is 10.1 Å². The van der Waals surface area contributed by atoms with E-state index in [-0.39, 0.29) is 5.56 Å². The summed E-state index contributed by atoms with van der Waals surface area (Å²) in [5.41, 5.74) is 2.31. The van der Waals surface area contributed by atoms with Crippen LogP contribution in [0, 0.1) is 0 Å².